The van der Waals surface area contributed by atoms with Gasteiger partial charge in [-0.2, -0.15) is 0 Å². The van der Waals surface area contributed by atoms with Crippen molar-refractivity contribution in [1.29, 1.82) is 0 Å². The number of anilines is 1. The first-order chi connectivity index (χ1) is 18.0. The summed E-state index contributed by atoms with van der Waals surface area (Å²) in [6, 6.07) is 23.9. The molecular weight excluding hydrogens is 482 g/mol. The predicted molar refractivity (Wildman–Crippen MR) is 153 cm³/mol. The van der Waals surface area contributed by atoms with E-state index in [1.165, 1.54) is 25.7 Å². The molecule has 0 aliphatic heterocycles. The Morgan fingerprint density at radius 3 is 2.32 bits per heavy atom. The summed E-state index contributed by atoms with van der Waals surface area (Å²) in [7, 11) is 1.77. The summed E-state index contributed by atoms with van der Waals surface area (Å²) in [4.78, 5) is 27.2. The second-order valence-corrected chi connectivity index (χ2v) is 9.33. The molecule has 0 aromatic heterocycles. The molecule has 6 nitrogen and oxygen atoms in total. The standard InChI is InChI=1S/C30H35N3O3S/c1-3-4-5-6-10-20-36-27-18-16-24(17-19-27)28(34)32-30(37)31-26-15-11-14-25(21-26)29(35)33(2)22-23-12-8-7-9-13-23/h7-9,11-19,21H,3-6,10,20,22H2,1-2H3,(H2,31,32,34,37). The first-order valence-corrected chi connectivity index (χ1v) is 13.1. The Labute approximate surface area is 225 Å². The number of unbranched alkanes of at least 4 members (excludes halogenated alkanes) is 4. The smallest absolute Gasteiger partial charge is 0.257 e. The average Bonchev–Trinajstić information content (AvgIpc) is 2.91. The molecule has 3 aromatic rings. The van der Waals surface area contributed by atoms with Crippen LogP contribution in [0, 0.1) is 0 Å². The highest BCUT2D eigenvalue weighted by molar-refractivity contribution is 7.80. The van der Waals surface area contributed by atoms with E-state index >= 15 is 0 Å². The minimum atomic E-state index is -0.321. The predicted octanol–water partition coefficient (Wildman–Crippen LogP) is 6.43. The van der Waals surface area contributed by atoms with E-state index in [9.17, 15) is 9.59 Å². The van der Waals surface area contributed by atoms with Gasteiger partial charge < -0.3 is 15.0 Å². The Balaban J connectivity index is 1.48. The van der Waals surface area contributed by atoms with E-state index < -0.39 is 0 Å². The van der Waals surface area contributed by atoms with Gasteiger partial charge in [-0.3, -0.25) is 14.9 Å². The lowest BCUT2D eigenvalue weighted by Gasteiger charge is -2.18. The first kappa shape index (κ1) is 27.9. The van der Waals surface area contributed by atoms with Crippen molar-refractivity contribution >= 4 is 34.8 Å². The Bertz CT molecular complexity index is 1170. The van der Waals surface area contributed by atoms with Gasteiger partial charge in [-0.1, -0.05) is 69.0 Å². The maximum Gasteiger partial charge on any atom is 0.257 e. The third kappa shape index (κ3) is 9.35. The fourth-order valence-electron chi connectivity index (χ4n) is 3.82. The zero-order valence-corrected chi connectivity index (χ0v) is 22.4. The number of ether oxygens (including phenoxy) is 1. The number of carbonyl (C=O) groups is 2. The average molecular weight is 518 g/mol. The molecule has 0 heterocycles. The lowest BCUT2D eigenvalue weighted by atomic mass is 10.1. The normalized spacial score (nSPS) is 10.4. The minimum absolute atomic E-state index is 0.106. The van der Waals surface area contributed by atoms with Crippen LogP contribution in [-0.4, -0.2) is 35.5 Å². The van der Waals surface area contributed by atoms with Crippen LogP contribution in [0.5, 0.6) is 5.75 Å². The van der Waals surface area contributed by atoms with Crippen LogP contribution >= 0.6 is 12.2 Å². The zero-order chi connectivity index (χ0) is 26.5. The largest absolute Gasteiger partial charge is 0.494 e. The number of hydrogen-bond donors (Lipinski definition) is 2. The molecule has 7 heteroatoms. The highest BCUT2D eigenvalue weighted by atomic mass is 32.1. The summed E-state index contributed by atoms with van der Waals surface area (Å²) in [5.74, 6) is 0.315. The molecule has 0 saturated carbocycles. The highest BCUT2D eigenvalue weighted by Gasteiger charge is 2.14. The van der Waals surface area contributed by atoms with Gasteiger partial charge in [0.1, 0.15) is 5.75 Å². The van der Waals surface area contributed by atoms with Gasteiger partial charge in [0.25, 0.3) is 11.8 Å². The van der Waals surface area contributed by atoms with Crippen LogP contribution in [0.3, 0.4) is 0 Å². The van der Waals surface area contributed by atoms with E-state index in [1.807, 2.05) is 30.3 Å². The molecule has 3 rings (SSSR count). The fraction of sp³-hybridized carbons (Fsp3) is 0.300. The van der Waals surface area contributed by atoms with Gasteiger partial charge in [0, 0.05) is 30.4 Å². The van der Waals surface area contributed by atoms with Gasteiger partial charge in [0.15, 0.2) is 5.11 Å². The molecule has 0 radical (unpaired) electrons. The number of hydrogen-bond acceptors (Lipinski definition) is 4. The molecule has 2 N–H and O–H groups in total. The molecule has 0 aliphatic rings. The molecule has 0 fully saturated rings. The Kier molecular flexibility index (Phi) is 11.1. The molecule has 194 valence electrons. The summed E-state index contributed by atoms with van der Waals surface area (Å²) < 4.78 is 5.76. The summed E-state index contributed by atoms with van der Waals surface area (Å²) in [6.45, 7) is 3.38. The van der Waals surface area contributed by atoms with Crippen molar-refractivity contribution in [2.75, 3.05) is 19.0 Å². The maximum absolute atomic E-state index is 12.9. The van der Waals surface area contributed by atoms with Crippen molar-refractivity contribution < 1.29 is 14.3 Å². The number of thiocarbonyl (C=S) groups is 1. The van der Waals surface area contributed by atoms with Crippen LogP contribution in [-0.2, 0) is 6.54 Å². The molecule has 0 spiro atoms. The second kappa shape index (κ2) is 14.8. The Hall–Kier alpha value is -3.71. The molecule has 0 unspecified atom stereocenters. The molecule has 3 aromatic carbocycles. The Morgan fingerprint density at radius 2 is 1.59 bits per heavy atom. The van der Waals surface area contributed by atoms with Crippen LogP contribution < -0.4 is 15.4 Å². The summed E-state index contributed by atoms with van der Waals surface area (Å²) in [5, 5.41) is 5.83. The van der Waals surface area contributed by atoms with Crippen LogP contribution in [0.4, 0.5) is 5.69 Å². The quantitative estimate of drug-likeness (QED) is 0.214. The minimum Gasteiger partial charge on any atom is -0.494 e. The topological polar surface area (TPSA) is 70.7 Å². The fourth-order valence-corrected chi connectivity index (χ4v) is 4.03. The van der Waals surface area contributed by atoms with Gasteiger partial charge in [0.2, 0.25) is 0 Å². The van der Waals surface area contributed by atoms with Crippen LogP contribution in [0.1, 0.15) is 65.3 Å². The van der Waals surface area contributed by atoms with Crippen LogP contribution in [0.2, 0.25) is 0 Å². The third-order valence-corrected chi connectivity index (χ3v) is 6.04. The number of nitrogens with one attached hydrogen (secondary N) is 2. The van der Waals surface area contributed by atoms with E-state index in [1.54, 1.807) is 60.5 Å². The van der Waals surface area contributed by atoms with Gasteiger partial charge in [-0.25, -0.2) is 0 Å². The summed E-state index contributed by atoms with van der Waals surface area (Å²) in [6.07, 6.45) is 5.91. The molecule has 0 bridgehead atoms. The van der Waals surface area contributed by atoms with Gasteiger partial charge in [-0.05, 0) is 66.7 Å². The molecule has 37 heavy (non-hydrogen) atoms. The van der Waals surface area contributed by atoms with E-state index in [4.69, 9.17) is 17.0 Å². The molecule has 2 amide bonds. The monoisotopic (exact) mass is 517 g/mol. The molecule has 0 aliphatic carbocycles. The molecule has 0 atom stereocenters. The van der Waals surface area contributed by atoms with Crippen LogP contribution in [0.15, 0.2) is 78.9 Å². The van der Waals surface area contributed by atoms with Crippen molar-refractivity contribution in [2.45, 2.75) is 45.6 Å². The number of benzene rings is 3. The second-order valence-electron chi connectivity index (χ2n) is 8.92. The number of carbonyl (C=O) groups excluding carboxylic acids is 2. The summed E-state index contributed by atoms with van der Waals surface area (Å²) >= 11 is 5.32. The number of nitrogens with zero attached hydrogens (tertiary/aromatic N) is 1. The highest BCUT2D eigenvalue weighted by Crippen LogP contribution is 2.15. The first-order valence-electron chi connectivity index (χ1n) is 12.7. The van der Waals surface area contributed by atoms with Gasteiger partial charge in [-0.15, -0.1) is 0 Å². The van der Waals surface area contributed by atoms with Crippen molar-refractivity contribution in [3.8, 4) is 5.75 Å². The van der Waals surface area contributed by atoms with Crippen LogP contribution in [0.25, 0.3) is 0 Å². The maximum atomic E-state index is 12.9. The lowest BCUT2D eigenvalue weighted by Crippen LogP contribution is -2.34. The summed E-state index contributed by atoms with van der Waals surface area (Å²) in [5.41, 5.74) is 2.68. The van der Waals surface area contributed by atoms with E-state index in [2.05, 4.69) is 17.6 Å². The zero-order valence-electron chi connectivity index (χ0n) is 21.5. The van der Waals surface area contributed by atoms with E-state index in [0.29, 0.717) is 30.0 Å². The van der Waals surface area contributed by atoms with Crippen molar-refractivity contribution in [1.82, 2.24) is 10.2 Å². The van der Waals surface area contributed by atoms with Gasteiger partial charge in [0.05, 0.1) is 6.61 Å². The van der Waals surface area contributed by atoms with E-state index in [0.717, 1.165) is 17.7 Å². The Morgan fingerprint density at radius 1 is 0.865 bits per heavy atom. The molecular formula is C30H35N3O3S. The van der Waals surface area contributed by atoms with Crippen molar-refractivity contribution in [2.24, 2.45) is 0 Å². The van der Waals surface area contributed by atoms with Gasteiger partial charge >= 0.3 is 0 Å². The number of amides is 2. The number of rotatable bonds is 12. The third-order valence-electron chi connectivity index (χ3n) is 5.84. The SMILES string of the molecule is CCCCCCCOc1ccc(C(=O)NC(=S)Nc2cccc(C(=O)N(C)Cc3ccccc3)c2)cc1. The van der Waals surface area contributed by atoms with Crippen molar-refractivity contribution in [3.63, 3.8) is 0 Å². The lowest BCUT2D eigenvalue weighted by molar-refractivity contribution is 0.0785. The van der Waals surface area contributed by atoms with E-state index in [-0.39, 0.29) is 16.9 Å². The van der Waals surface area contributed by atoms with Crippen molar-refractivity contribution in [3.05, 3.63) is 95.6 Å². The molecule has 0 saturated heterocycles.